The highest BCUT2D eigenvalue weighted by atomic mass is 79.9. The molecule has 21 heavy (non-hydrogen) atoms. The van der Waals surface area contributed by atoms with Crippen LogP contribution in [0.1, 0.15) is 11.4 Å². The molecular weight excluding hydrogens is 394 g/mol. The van der Waals surface area contributed by atoms with Crippen LogP contribution in [0, 0.1) is 6.92 Å². The molecule has 6 heteroatoms. The van der Waals surface area contributed by atoms with Crippen molar-refractivity contribution < 1.29 is 0 Å². The van der Waals surface area contributed by atoms with E-state index >= 15 is 0 Å². The molecule has 1 aromatic heterocycles. The Bertz CT molecular complexity index is 843. The minimum absolute atomic E-state index is 0.305. The first-order chi connectivity index (χ1) is 10.0. The molecular formula is C15H10BrCl3N2. The highest BCUT2D eigenvalue weighted by Crippen LogP contribution is 2.31. The second kappa shape index (κ2) is 5.81. The lowest BCUT2D eigenvalue weighted by atomic mass is 10.2. The van der Waals surface area contributed by atoms with Gasteiger partial charge in [-0.1, -0.05) is 39.1 Å². The Labute approximate surface area is 145 Å². The van der Waals surface area contributed by atoms with Gasteiger partial charge in [0.05, 0.1) is 27.0 Å². The van der Waals surface area contributed by atoms with Crippen LogP contribution in [-0.4, -0.2) is 9.55 Å². The van der Waals surface area contributed by atoms with Gasteiger partial charge in [0, 0.05) is 10.2 Å². The summed E-state index contributed by atoms with van der Waals surface area (Å²) in [6, 6.07) is 9.67. The van der Waals surface area contributed by atoms with Gasteiger partial charge in [-0.15, -0.1) is 11.6 Å². The van der Waals surface area contributed by atoms with Gasteiger partial charge in [0.15, 0.2) is 0 Å². The van der Waals surface area contributed by atoms with Crippen molar-refractivity contribution in [1.29, 1.82) is 0 Å². The number of alkyl halides is 1. The van der Waals surface area contributed by atoms with Crippen LogP contribution in [0.15, 0.2) is 34.8 Å². The third-order valence-corrected chi connectivity index (χ3v) is 5.14. The Morgan fingerprint density at radius 1 is 1.14 bits per heavy atom. The molecule has 0 bridgehead atoms. The monoisotopic (exact) mass is 402 g/mol. The molecule has 1 heterocycles. The summed E-state index contributed by atoms with van der Waals surface area (Å²) in [6.45, 7) is 2.04. The second-order valence-electron chi connectivity index (χ2n) is 4.69. The van der Waals surface area contributed by atoms with Crippen molar-refractivity contribution in [2.75, 3.05) is 0 Å². The normalized spacial score (nSPS) is 11.3. The third kappa shape index (κ3) is 2.68. The number of nitrogens with zero attached hydrogens (tertiary/aromatic N) is 2. The summed E-state index contributed by atoms with van der Waals surface area (Å²) in [5.74, 6) is 1.06. The van der Waals surface area contributed by atoms with Crippen molar-refractivity contribution in [3.63, 3.8) is 0 Å². The first-order valence-corrected chi connectivity index (χ1v) is 8.28. The number of hydrogen-bond donors (Lipinski definition) is 0. The van der Waals surface area contributed by atoms with Gasteiger partial charge in [0.2, 0.25) is 0 Å². The molecule has 0 aliphatic rings. The molecule has 0 N–H and O–H groups in total. The fourth-order valence-corrected chi connectivity index (χ4v) is 3.01. The summed E-state index contributed by atoms with van der Waals surface area (Å²) >= 11 is 21.8. The van der Waals surface area contributed by atoms with Crippen LogP contribution in [-0.2, 0) is 5.88 Å². The van der Waals surface area contributed by atoms with Gasteiger partial charge in [-0.3, -0.25) is 4.57 Å². The van der Waals surface area contributed by atoms with E-state index in [1.54, 1.807) is 6.07 Å². The summed E-state index contributed by atoms with van der Waals surface area (Å²) < 4.78 is 3.06. The summed E-state index contributed by atoms with van der Waals surface area (Å²) in [5.41, 5.74) is 3.80. The number of rotatable bonds is 2. The van der Waals surface area contributed by atoms with E-state index in [1.807, 2.05) is 29.7 Å². The number of aryl methyl sites for hydroxylation is 1. The highest BCUT2D eigenvalue weighted by molar-refractivity contribution is 9.10. The SMILES string of the molecule is Cc1cc(-n2c(CCl)nc3cc(Cl)c(Cl)cc32)ccc1Br. The summed E-state index contributed by atoms with van der Waals surface area (Å²) in [6.07, 6.45) is 0. The molecule has 2 aromatic carbocycles. The maximum atomic E-state index is 6.14. The van der Waals surface area contributed by atoms with E-state index < -0.39 is 0 Å². The van der Waals surface area contributed by atoms with Crippen LogP contribution in [0.4, 0.5) is 0 Å². The van der Waals surface area contributed by atoms with Crippen LogP contribution >= 0.6 is 50.7 Å². The molecule has 3 aromatic rings. The average molecular weight is 405 g/mol. The Kier molecular flexibility index (Phi) is 4.19. The Morgan fingerprint density at radius 3 is 2.52 bits per heavy atom. The molecule has 2 nitrogen and oxygen atoms in total. The van der Waals surface area contributed by atoms with Crippen LogP contribution in [0.3, 0.4) is 0 Å². The van der Waals surface area contributed by atoms with Crippen LogP contribution in [0.2, 0.25) is 10.0 Å². The standard InChI is InChI=1S/C15H10BrCl3N2/c1-8-4-9(2-3-10(8)16)21-14-6-12(19)11(18)5-13(14)20-15(21)7-17/h2-6H,7H2,1H3. The van der Waals surface area contributed by atoms with Gasteiger partial charge >= 0.3 is 0 Å². The molecule has 0 saturated heterocycles. The quantitative estimate of drug-likeness (QED) is 0.469. The van der Waals surface area contributed by atoms with E-state index in [-0.39, 0.29) is 0 Å². The van der Waals surface area contributed by atoms with E-state index in [0.717, 1.165) is 32.6 Å². The van der Waals surface area contributed by atoms with E-state index in [1.165, 1.54) is 0 Å². The lowest BCUT2D eigenvalue weighted by Gasteiger charge is -2.10. The number of aromatic nitrogens is 2. The predicted molar refractivity (Wildman–Crippen MR) is 93.1 cm³/mol. The Hall–Kier alpha value is -0.740. The smallest absolute Gasteiger partial charge is 0.129 e. The predicted octanol–water partition coefficient (Wildman–Crippen LogP) is 6.14. The van der Waals surface area contributed by atoms with Crippen molar-refractivity contribution in [3.05, 3.63) is 56.2 Å². The van der Waals surface area contributed by atoms with Crippen LogP contribution in [0.25, 0.3) is 16.7 Å². The van der Waals surface area contributed by atoms with E-state index in [0.29, 0.717) is 15.9 Å². The fraction of sp³-hybridized carbons (Fsp3) is 0.133. The van der Waals surface area contributed by atoms with E-state index in [2.05, 4.69) is 27.0 Å². The maximum absolute atomic E-state index is 6.14. The lowest BCUT2D eigenvalue weighted by molar-refractivity contribution is 0.979. The van der Waals surface area contributed by atoms with Gasteiger partial charge in [0.25, 0.3) is 0 Å². The largest absolute Gasteiger partial charge is 0.295 e. The number of hydrogen-bond acceptors (Lipinski definition) is 1. The zero-order valence-electron chi connectivity index (χ0n) is 11.0. The van der Waals surface area contributed by atoms with E-state index in [4.69, 9.17) is 34.8 Å². The first-order valence-electron chi connectivity index (χ1n) is 6.20. The summed E-state index contributed by atoms with van der Waals surface area (Å²) in [7, 11) is 0. The van der Waals surface area contributed by atoms with Gasteiger partial charge in [-0.25, -0.2) is 4.98 Å². The third-order valence-electron chi connectivity index (χ3n) is 3.29. The molecule has 108 valence electrons. The van der Waals surface area contributed by atoms with Crippen molar-refractivity contribution in [3.8, 4) is 5.69 Å². The second-order valence-corrected chi connectivity index (χ2v) is 6.62. The number of imidazole rings is 1. The molecule has 0 saturated carbocycles. The molecule has 0 unspecified atom stereocenters. The van der Waals surface area contributed by atoms with Crippen molar-refractivity contribution in [2.45, 2.75) is 12.8 Å². The van der Waals surface area contributed by atoms with Gasteiger partial charge < -0.3 is 0 Å². The van der Waals surface area contributed by atoms with Crippen LogP contribution < -0.4 is 0 Å². The molecule has 0 spiro atoms. The molecule has 0 radical (unpaired) electrons. The molecule has 0 aliphatic carbocycles. The lowest BCUT2D eigenvalue weighted by Crippen LogP contribution is -1.99. The zero-order chi connectivity index (χ0) is 15.1. The maximum Gasteiger partial charge on any atom is 0.129 e. The molecule has 3 rings (SSSR count). The molecule has 0 amide bonds. The highest BCUT2D eigenvalue weighted by Gasteiger charge is 2.14. The van der Waals surface area contributed by atoms with Crippen LogP contribution in [0.5, 0.6) is 0 Å². The topological polar surface area (TPSA) is 17.8 Å². The fourth-order valence-electron chi connectivity index (χ4n) is 2.27. The minimum Gasteiger partial charge on any atom is -0.295 e. The Morgan fingerprint density at radius 2 is 1.86 bits per heavy atom. The van der Waals surface area contributed by atoms with Crippen molar-refractivity contribution >= 4 is 61.8 Å². The van der Waals surface area contributed by atoms with Crippen molar-refractivity contribution in [2.24, 2.45) is 0 Å². The number of benzene rings is 2. The van der Waals surface area contributed by atoms with Crippen molar-refractivity contribution in [1.82, 2.24) is 9.55 Å². The molecule has 0 fully saturated rings. The first kappa shape index (κ1) is 15.2. The molecule has 0 aliphatic heterocycles. The molecule has 0 atom stereocenters. The number of halogens is 4. The Balaban J connectivity index is 2.34. The summed E-state index contributed by atoms with van der Waals surface area (Å²) in [5, 5.41) is 0.988. The van der Waals surface area contributed by atoms with E-state index in [9.17, 15) is 0 Å². The number of fused-ring (bicyclic) bond motifs is 1. The average Bonchev–Trinajstić information content (AvgIpc) is 2.80. The van der Waals surface area contributed by atoms with Gasteiger partial charge in [-0.2, -0.15) is 0 Å². The zero-order valence-corrected chi connectivity index (χ0v) is 14.9. The van der Waals surface area contributed by atoms with Gasteiger partial charge in [-0.05, 0) is 42.8 Å². The van der Waals surface area contributed by atoms with Gasteiger partial charge in [0.1, 0.15) is 5.82 Å². The summed E-state index contributed by atoms with van der Waals surface area (Å²) in [4.78, 5) is 4.54. The minimum atomic E-state index is 0.305.